The van der Waals surface area contributed by atoms with Gasteiger partial charge in [-0.1, -0.05) is 42.7 Å². The van der Waals surface area contributed by atoms with Crippen LogP contribution in [0, 0.1) is 6.92 Å². The van der Waals surface area contributed by atoms with Gasteiger partial charge in [0.15, 0.2) is 0 Å². The number of unbranched alkanes of at least 4 members (excludes halogenated alkanes) is 3. The second kappa shape index (κ2) is 12.3. The molecule has 1 amide bonds. The molecule has 0 saturated carbocycles. The number of carbonyl (C=O) groups is 1. The molecule has 0 aromatic heterocycles. The van der Waals surface area contributed by atoms with Crippen molar-refractivity contribution >= 4 is 18.3 Å². The third-order valence-corrected chi connectivity index (χ3v) is 3.93. The first-order valence-corrected chi connectivity index (χ1v) is 8.31. The SMILES string of the molecule is CCN(CC(O)c1ccc(C)cc1)C(=O)CCCCCCN.Cl. The molecule has 1 aromatic rings. The van der Waals surface area contributed by atoms with Crippen molar-refractivity contribution in [2.75, 3.05) is 19.6 Å². The number of hydrogen-bond acceptors (Lipinski definition) is 3. The maximum absolute atomic E-state index is 12.2. The maximum atomic E-state index is 12.2. The summed E-state index contributed by atoms with van der Waals surface area (Å²) in [5.41, 5.74) is 7.48. The Morgan fingerprint density at radius 1 is 1.17 bits per heavy atom. The summed E-state index contributed by atoms with van der Waals surface area (Å²) in [5.74, 6) is 0.126. The van der Waals surface area contributed by atoms with Crippen molar-refractivity contribution in [1.29, 1.82) is 0 Å². The van der Waals surface area contributed by atoms with Gasteiger partial charge < -0.3 is 15.7 Å². The van der Waals surface area contributed by atoms with Crippen molar-refractivity contribution in [2.24, 2.45) is 5.73 Å². The minimum Gasteiger partial charge on any atom is -0.387 e. The van der Waals surface area contributed by atoms with Gasteiger partial charge in [-0.2, -0.15) is 0 Å². The van der Waals surface area contributed by atoms with Crippen LogP contribution in [-0.2, 0) is 4.79 Å². The van der Waals surface area contributed by atoms with E-state index in [1.165, 1.54) is 0 Å². The highest BCUT2D eigenvalue weighted by molar-refractivity contribution is 5.85. The summed E-state index contributed by atoms with van der Waals surface area (Å²) < 4.78 is 0. The van der Waals surface area contributed by atoms with E-state index in [9.17, 15) is 9.90 Å². The fourth-order valence-electron chi connectivity index (χ4n) is 2.44. The Labute approximate surface area is 146 Å². The van der Waals surface area contributed by atoms with Gasteiger partial charge in [0.2, 0.25) is 5.91 Å². The molecule has 1 atom stereocenters. The van der Waals surface area contributed by atoms with Crippen LogP contribution in [0.5, 0.6) is 0 Å². The van der Waals surface area contributed by atoms with Crippen molar-refractivity contribution in [3.63, 3.8) is 0 Å². The Morgan fingerprint density at radius 3 is 2.35 bits per heavy atom. The number of carbonyl (C=O) groups excluding carboxylic acids is 1. The van der Waals surface area contributed by atoms with Gasteiger partial charge in [-0.3, -0.25) is 4.79 Å². The van der Waals surface area contributed by atoms with Gasteiger partial charge in [0.25, 0.3) is 0 Å². The van der Waals surface area contributed by atoms with Gasteiger partial charge in [0, 0.05) is 13.0 Å². The number of halogens is 1. The van der Waals surface area contributed by atoms with E-state index in [1.54, 1.807) is 4.90 Å². The van der Waals surface area contributed by atoms with Crippen LogP contribution < -0.4 is 5.73 Å². The largest absolute Gasteiger partial charge is 0.387 e. The lowest BCUT2D eigenvalue weighted by molar-refractivity contribution is -0.132. The van der Waals surface area contributed by atoms with Gasteiger partial charge in [0.1, 0.15) is 0 Å². The molecule has 0 saturated heterocycles. The summed E-state index contributed by atoms with van der Waals surface area (Å²) >= 11 is 0. The molecule has 4 nitrogen and oxygen atoms in total. The summed E-state index contributed by atoms with van der Waals surface area (Å²) in [6, 6.07) is 7.80. The normalized spacial score (nSPS) is 11.7. The first kappa shape index (κ1) is 21.9. The molecule has 23 heavy (non-hydrogen) atoms. The van der Waals surface area contributed by atoms with Crippen molar-refractivity contribution in [2.45, 2.75) is 52.1 Å². The molecule has 1 rings (SSSR count). The Bertz CT molecular complexity index is 437. The average Bonchev–Trinajstić information content (AvgIpc) is 2.52. The molecular weight excluding hydrogens is 312 g/mol. The average molecular weight is 343 g/mol. The van der Waals surface area contributed by atoms with Crippen LogP contribution in [0.15, 0.2) is 24.3 Å². The summed E-state index contributed by atoms with van der Waals surface area (Å²) in [6.45, 7) is 5.68. The second-order valence-corrected chi connectivity index (χ2v) is 5.81. The number of nitrogens with two attached hydrogens (primary N) is 1. The summed E-state index contributed by atoms with van der Waals surface area (Å²) in [7, 11) is 0. The molecule has 5 heteroatoms. The van der Waals surface area contributed by atoms with Crippen molar-refractivity contribution in [1.82, 2.24) is 4.90 Å². The molecule has 0 radical (unpaired) electrons. The lowest BCUT2D eigenvalue weighted by Crippen LogP contribution is -2.34. The van der Waals surface area contributed by atoms with Gasteiger partial charge in [-0.05, 0) is 38.8 Å². The quantitative estimate of drug-likeness (QED) is 0.641. The third kappa shape index (κ3) is 8.35. The fraction of sp³-hybridized carbons (Fsp3) is 0.611. The van der Waals surface area contributed by atoms with Crippen LogP contribution in [0.1, 0.15) is 56.3 Å². The van der Waals surface area contributed by atoms with Crippen LogP contribution in [0.4, 0.5) is 0 Å². The number of aliphatic hydroxyl groups excluding tert-OH is 1. The topological polar surface area (TPSA) is 66.6 Å². The van der Waals surface area contributed by atoms with Crippen LogP contribution in [0.2, 0.25) is 0 Å². The zero-order valence-electron chi connectivity index (χ0n) is 14.3. The molecule has 3 N–H and O–H groups in total. The number of aliphatic hydroxyl groups is 1. The highest BCUT2D eigenvalue weighted by Gasteiger charge is 2.16. The van der Waals surface area contributed by atoms with Crippen molar-refractivity contribution < 1.29 is 9.90 Å². The molecule has 0 aliphatic carbocycles. The molecule has 1 unspecified atom stereocenters. The molecule has 0 heterocycles. The van der Waals surface area contributed by atoms with Gasteiger partial charge in [-0.25, -0.2) is 0 Å². The standard InChI is InChI=1S/C18H30N2O2.ClH/c1-3-20(18(22)8-6-4-5-7-13-19)14-17(21)16-11-9-15(2)10-12-16;/h9-12,17,21H,3-8,13-14,19H2,1-2H3;1H. The van der Waals surface area contributed by atoms with Gasteiger partial charge in [-0.15, -0.1) is 12.4 Å². The van der Waals surface area contributed by atoms with E-state index < -0.39 is 6.10 Å². The molecule has 132 valence electrons. The molecule has 0 fully saturated rings. The van der Waals surface area contributed by atoms with E-state index in [-0.39, 0.29) is 18.3 Å². The Kier molecular flexibility index (Phi) is 11.7. The molecule has 0 spiro atoms. The minimum atomic E-state index is -0.623. The summed E-state index contributed by atoms with van der Waals surface area (Å²) in [4.78, 5) is 14.0. The van der Waals surface area contributed by atoms with Crippen LogP contribution in [0.25, 0.3) is 0 Å². The monoisotopic (exact) mass is 342 g/mol. The predicted octanol–water partition coefficient (Wildman–Crippen LogP) is 3.21. The third-order valence-electron chi connectivity index (χ3n) is 3.93. The Hall–Kier alpha value is -1.10. The highest BCUT2D eigenvalue weighted by atomic mass is 35.5. The van der Waals surface area contributed by atoms with Crippen molar-refractivity contribution in [3.05, 3.63) is 35.4 Å². The molecule has 1 aromatic carbocycles. The Morgan fingerprint density at radius 2 is 1.78 bits per heavy atom. The zero-order chi connectivity index (χ0) is 16.4. The first-order chi connectivity index (χ1) is 10.6. The number of likely N-dealkylation sites (N-methyl/N-ethyl adjacent to an activating group) is 1. The number of aryl methyl sites for hydroxylation is 1. The number of rotatable bonds is 10. The molecule has 0 bridgehead atoms. The predicted molar refractivity (Wildman–Crippen MR) is 97.8 cm³/mol. The van der Waals surface area contributed by atoms with Crippen LogP contribution in [-0.4, -0.2) is 35.5 Å². The summed E-state index contributed by atoms with van der Waals surface area (Å²) in [5, 5.41) is 10.3. The van der Waals surface area contributed by atoms with Crippen molar-refractivity contribution in [3.8, 4) is 0 Å². The number of hydrogen-bond donors (Lipinski definition) is 2. The number of nitrogens with zero attached hydrogens (tertiary/aromatic N) is 1. The highest BCUT2D eigenvalue weighted by Crippen LogP contribution is 2.16. The molecular formula is C18H31ClN2O2. The molecule has 0 aliphatic rings. The second-order valence-electron chi connectivity index (χ2n) is 5.81. The van der Waals surface area contributed by atoms with E-state index >= 15 is 0 Å². The van der Waals surface area contributed by atoms with Crippen LogP contribution >= 0.6 is 12.4 Å². The lowest BCUT2D eigenvalue weighted by Gasteiger charge is -2.24. The van der Waals surface area contributed by atoms with E-state index in [2.05, 4.69) is 0 Å². The maximum Gasteiger partial charge on any atom is 0.222 e. The molecule has 0 aliphatic heterocycles. The lowest BCUT2D eigenvalue weighted by atomic mass is 10.1. The number of amides is 1. The Balaban J connectivity index is 0.00000484. The van der Waals surface area contributed by atoms with Crippen LogP contribution in [0.3, 0.4) is 0 Å². The van der Waals surface area contributed by atoms with Gasteiger partial charge in [0.05, 0.1) is 12.6 Å². The smallest absolute Gasteiger partial charge is 0.222 e. The fourth-order valence-corrected chi connectivity index (χ4v) is 2.44. The van der Waals surface area contributed by atoms with E-state index in [0.29, 0.717) is 19.5 Å². The van der Waals surface area contributed by atoms with Gasteiger partial charge >= 0.3 is 0 Å². The van der Waals surface area contributed by atoms with E-state index in [4.69, 9.17) is 5.73 Å². The van der Waals surface area contributed by atoms with E-state index in [1.807, 2.05) is 38.1 Å². The minimum absolute atomic E-state index is 0. The first-order valence-electron chi connectivity index (χ1n) is 8.31. The number of benzene rings is 1. The van der Waals surface area contributed by atoms with E-state index in [0.717, 1.165) is 43.4 Å². The summed E-state index contributed by atoms with van der Waals surface area (Å²) in [6.07, 6.45) is 3.98. The zero-order valence-corrected chi connectivity index (χ0v) is 15.1.